The number of amides is 3. The largest absolute Gasteiger partial charge is 0.483 e. The molecule has 138 valence electrons. The summed E-state index contributed by atoms with van der Waals surface area (Å²) < 4.78 is 5.46. The number of nitrogens with zero attached hydrogens (tertiary/aromatic N) is 1. The van der Waals surface area contributed by atoms with Gasteiger partial charge in [0, 0.05) is 5.02 Å². The van der Waals surface area contributed by atoms with Crippen LogP contribution in [0.2, 0.25) is 5.02 Å². The Bertz CT molecular complexity index is 786. The van der Waals surface area contributed by atoms with Crippen LogP contribution in [0, 0.1) is 18.8 Å². The average molecular weight is 377 g/mol. The summed E-state index contributed by atoms with van der Waals surface area (Å²) in [5.41, 5.74) is 5.47. The fourth-order valence-corrected chi connectivity index (χ4v) is 3.66. The fraction of sp³-hybridized carbons (Fsp3) is 0.421. The van der Waals surface area contributed by atoms with Crippen molar-refractivity contribution in [1.29, 1.82) is 0 Å². The Hall–Kier alpha value is -2.34. The molecule has 7 heteroatoms. The number of aryl methyl sites for hydroxylation is 1. The van der Waals surface area contributed by atoms with Gasteiger partial charge < -0.3 is 4.74 Å². The number of carbonyl (C=O) groups is 3. The summed E-state index contributed by atoms with van der Waals surface area (Å²) in [6.45, 7) is 5.47. The Balaban J connectivity index is 1.61. The first-order chi connectivity index (χ1) is 12.3. The second kappa shape index (κ2) is 7.11. The molecule has 0 radical (unpaired) electrons. The monoisotopic (exact) mass is 376 g/mol. The van der Waals surface area contributed by atoms with E-state index in [-0.39, 0.29) is 30.3 Å². The van der Waals surface area contributed by atoms with Crippen LogP contribution >= 0.6 is 11.6 Å². The molecule has 2 unspecified atom stereocenters. The van der Waals surface area contributed by atoms with Crippen molar-refractivity contribution in [3.8, 4) is 5.75 Å². The summed E-state index contributed by atoms with van der Waals surface area (Å²) >= 11 is 5.89. The molecule has 0 bridgehead atoms. The third-order valence-corrected chi connectivity index (χ3v) is 5.31. The summed E-state index contributed by atoms with van der Waals surface area (Å²) in [7, 11) is 0. The number of halogens is 1. The van der Waals surface area contributed by atoms with Gasteiger partial charge in [-0.15, -0.1) is 0 Å². The molecule has 1 N–H and O–H groups in total. The Morgan fingerprint density at radius 2 is 1.73 bits per heavy atom. The number of hydrazine groups is 1. The van der Waals surface area contributed by atoms with E-state index < -0.39 is 5.91 Å². The molecule has 1 saturated heterocycles. The number of rotatable bonds is 4. The minimum Gasteiger partial charge on any atom is -0.483 e. The molecular formula is C19H21ClN2O4. The molecule has 1 aliphatic heterocycles. The second-order valence-corrected chi connectivity index (χ2v) is 7.36. The van der Waals surface area contributed by atoms with Crippen molar-refractivity contribution in [1.82, 2.24) is 10.4 Å². The van der Waals surface area contributed by atoms with E-state index in [9.17, 15) is 14.4 Å². The number of benzene rings is 1. The first-order valence-corrected chi connectivity index (χ1v) is 8.87. The molecule has 1 aliphatic carbocycles. The van der Waals surface area contributed by atoms with E-state index in [4.69, 9.17) is 16.3 Å². The van der Waals surface area contributed by atoms with Crippen LogP contribution in [0.4, 0.5) is 0 Å². The highest BCUT2D eigenvalue weighted by molar-refractivity contribution is 6.30. The molecule has 1 aromatic carbocycles. The van der Waals surface area contributed by atoms with Crippen LogP contribution in [-0.2, 0) is 14.4 Å². The number of ether oxygens (including phenoxy) is 1. The number of nitrogens with one attached hydrogen (secondary N) is 1. The number of hydrogen-bond acceptors (Lipinski definition) is 4. The summed E-state index contributed by atoms with van der Waals surface area (Å²) in [4.78, 5) is 37.2. The Morgan fingerprint density at radius 3 is 2.27 bits per heavy atom. The standard InChI is InChI=1S/C19H21ClN2O4/c1-10-7-14-15(8-11(10)2)19(25)22(18(14)24)21-17(23)9-26-16-5-4-13(20)6-12(16)3/h4-6,14-15H,7-9H2,1-3H3,(H,21,23). The second-order valence-electron chi connectivity index (χ2n) is 6.93. The number of allylic oxidation sites excluding steroid dienone is 2. The lowest BCUT2D eigenvalue weighted by Crippen LogP contribution is -2.48. The van der Waals surface area contributed by atoms with Gasteiger partial charge in [-0.2, -0.15) is 5.01 Å². The average Bonchev–Trinajstić information content (AvgIpc) is 2.79. The highest BCUT2D eigenvalue weighted by Gasteiger charge is 2.49. The molecule has 3 amide bonds. The van der Waals surface area contributed by atoms with Gasteiger partial charge in [0.2, 0.25) is 0 Å². The van der Waals surface area contributed by atoms with Crippen molar-refractivity contribution in [3.63, 3.8) is 0 Å². The van der Waals surface area contributed by atoms with Crippen LogP contribution in [0.25, 0.3) is 0 Å². The molecule has 2 atom stereocenters. The summed E-state index contributed by atoms with van der Waals surface area (Å²) in [6.07, 6.45) is 1.13. The zero-order valence-electron chi connectivity index (χ0n) is 15.0. The van der Waals surface area contributed by atoms with Crippen LogP contribution < -0.4 is 10.2 Å². The van der Waals surface area contributed by atoms with Crippen molar-refractivity contribution >= 4 is 29.3 Å². The summed E-state index contributed by atoms with van der Waals surface area (Å²) in [5, 5.41) is 1.44. The normalized spacial score (nSPS) is 22.5. The summed E-state index contributed by atoms with van der Waals surface area (Å²) in [5.74, 6) is -1.49. The maximum Gasteiger partial charge on any atom is 0.276 e. The number of imide groups is 1. The zero-order valence-corrected chi connectivity index (χ0v) is 15.7. The third kappa shape index (κ3) is 3.46. The molecule has 6 nitrogen and oxygen atoms in total. The Morgan fingerprint density at radius 1 is 1.15 bits per heavy atom. The molecule has 26 heavy (non-hydrogen) atoms. The van der Waals surface area contributed by atoms with Crippen LogP contribution in [0.1, 0.15) is 32.3 Å². The van der Waals surface area contributed by atoms with Gasteiger partial charge in [0.15, 0.2) is 6.61 Å². The maximum absolute atomic E-state index is 12.5. The van der Waals surface area contributed by atoms with E-state index in [1.54, 1.807) is 18.2 Å². The molecular weight excluding hydrogens is 356 g/mol. The first kappa shape index (κ1) is 18.5. The molecule has 1 fully saturated rings. The van der Waals surface area contributed by atoms with Crippen LogP contribution in [0.5, 0.6) is 5.75 Å². The molecule has 1 aromatic rings. The topological polar surface area (TPSA) is 75.7 Å². The molecule has 0 aromatic heterocycles. The lowest BCUT2D eigenvalue weighted by atomic mass is 9.78. The Kier molecular flexibility index (Phi) is 5.05. The molecule has 1 heterocycles. The third-order valence-electron chi connectivity index (χ3n) is 5.07. The van der Waals surface area contributed by atoms with Crippen LogP contribution in [0.3, 0.4) is 0 Å². The summed E-state index contributed by atoms with van der Waals surface area (Å²) in [6, 6.07) is 5.06. The zero-order chi connectivity index (χ0) is 19.0. The van der Waals surface area contributed by atoms with E-state index in [1.807, 2.05) is 20.8 Å². The minimum absolute atomic E-state index is 0.300. The van der Waals surface area contributed by atoms with E-state index >= 15 is 0 Å². The predicted octanol–water partition coefficient (Wildman–Crippen LogP) is 2.79. The molecule has 3 rings (SSSR count). The van der Waals surface area contributed by atoms with E-state index in [2.05, 4.69) is 5.43 Å². The van der Waals surface area contributed by atoms with Gasteiger partial charge in [0.05, 0.1) is 11.8 Å². The number of carbonyl (C=O) groups excluding carboxylic acids is 3. The van der Waals surface area contributed by atoms with Gasteiger partial charge in [0.25, 0.3) is 17.7 Å². The highest BCUT2D eigenvalue weighted by atomic mass is 35.5. The Labute approximate surface area is 157 Å². The molecule has 0 saturated carbocycles. The van der Waals surface area contributed by atoms with Crippen molar-refractivity contribution in [2.75, 3.05) is 6.61 Å². The molecule has 0 spiro atoms. The van der Waals surface area contributed by atoms with Gasteiger partial charge in [0.1, 0.15) is 5.75 Å². The number of fused-ring (bicyclic) bond motifs is 1. The minimum atomic E-state index is -0.555. The van der Waals surface area contributed by atoms with Crippen LogP contribution in [0.15, 0.2) is 29.3 Å². The van der Waals surface area contributed by atoms with Gasteiger partial charge in [-0.1, -0.05) is 22.7 Å². The van der Waals surface area contributed by atoms with Gasteiger partial charge >= 0.3 is 0 Å². The van der Waals surface area contributed by atoms with E-state index in [0.29, 0.717) is 23.6 Å². The first-order valence-electron chi connectivity index (χ1n) is 8.49. The van der Waals surface area contributed by atoms with E-state index in [0.717, 1.165) is 21.7 Å². The highest BCUT2D eigenvalue weighted by Crippen LogP contribution is 2.39. The quantitative estimate of drug-likeness (QED) is 0.647. The van der Waals surface area contributed by atoms with Crippen molar-refractivity contribution in [3.05, 3.63) is 39.9 Å². The van der Waals surface area contributed by atoms with E-state index in [1.165, 1.54) is 0 Å². The van der Waals surface area contributed by atoms with Crippen molar-refractivity contribution in [2.24, 2.45) is 11.8 Å². The maximum atomic E-state index is 12.5. The fourth-order valence-electron chi connectivity index (χ4n) is 3.44. The van der Waals surface area contributed by atoms with Gasteiger partial charge in [-0.25, -0.2) is 0 Å². The van der Waals surface area contributed by atoms with Crippen molar-refractivity contribution < 1.29 is 19.1 Å². The van der Waals surface area contributed by atoms with Crippen LogP contribution in [-0.4, -0.2) is 29.3 Å². The molecule has 2 aliphatic rings. The lowest BCUT2D eigenvalue weighted by Gasteiger charge is -2.23. The number of hydrogen-bond donors (Lipinski definition) is 1. The lowest BCUT2D eigenvalue weighted by molar-refractivity contribution is -0.149. The predicted molar refractivity (Wildman–Crippen MR) is 96.3 cm³/mol. The van der Waals surface area contributed by atoms with Crippen molar-refractivity contribution in [2.45, 2.75) is 33.6 Å². The van der Waals surface area contributed by atoms with Gasteiger partial charge in [-0.05, 0) is 57.4 Å². The SMILES string of the molecule is CC1=C(C)CC2C(=O)N(NC(=O)COc3ccc(Cl)cc3C)C(=O)C2C1. The van der Waals surface area contributed by atoms with Gasteiger partial charge in [-0.3, -0.25) is 19.8 Å². The smallest absolute Gasteiger partial charge is 0.276 e.